The first-order chi connectivity index (χ1) is 11.5. The van der Waals surface area contributed by atoms with Gasteiger partial charge in [-0.3, -0.25) is 4.79 Å². The molecule has 0 spiro atoms. The molecule has 1 aromatic carbocycles. The fourth-order valence-corrected chi connectivity index (χ4v) is 2.99. The Kier molecular flexibility index (Phi) is 5.53. The van der Waals surface area contributed by atoms with Crippen molar-refractivity contribution in [2.75, 3.05) is 6.61 Å². The summed E-state index contributed by atoms with van der Waals surface area (Å²) in [6, 6.07) is 2.38. The first-order valence-electron chi connectivity index (χ1n) is 7.61. The molecule has 1 aromatic rings. The zero-order chi connectivity index (χ0) is 18.8. The Morgan fingerprint density at radius 2 is 1.68 bits per heavy atom. The number of ether oxygens (including phenoxy) is 1. The van der Waals surface area contributed by atoms with Gasteiger partial charge in [0.05, 0.1) is 11.5 Å². The maximum absolute atomic E-state index is 12.9. The molecule has 0 saturated heterocycles. The molecule has 0 unspecified atom stereocenters. The van der Waals surface area contributed by atoms with Gasteiger partial charge in [0.25, 0.3) is 0 Å². The van der Waals surface area contributed by atoms with Crippen LogP contribution < -0.4 is 4.74 Å². The SMILES string of the molecule is O=C(O)C1CCC(c2cc(C(F)(F)F)ccc2OCC(F)(F)F)CC1. The van der Waals surface area contributed by atoms with Crippen LogP contribution in [0.25, 0.3) is 0 Å². The van der Waals surface area contributed by atoms with E-state index in [1.54, 1.807) is 0 Å². The Labute approximate surface area is 139 Å². The number of alkyl halides is 6. The Balaban J connectivity index is 2.27. The molecule has 1 aliphatic carbocycles. The highest BCUT2D eigenvalue weighted by Gasteiger charge is 2.35. The van der Waals surface area contributed by atoms with Gasteiger partial charge in [-0.15, -0.1) is 0 Å². The molecule has 1 aliphatic rings. The second kappa shape index (κ2) is 7.13. The molecular formula is C16H16F6O3. The molecule has 140 valence electrons. The molecule has 0 aromatic heterocycles. The number of carbonyl (C=O) groups is 1. The van der Waals surface area contributed by atoms with E-state index in [9.17, 15) is 31.1 Å². The minimum atomic E-state index is -4.63. The van der Waals surface area contributed by atoms with Crippen LogP contribution in [0, 0.1) is 5.92 Å². The third-order valence-corrected chi connectivity index (χ3v) is 4.24. The van der Waals surface area contributed by atoms with Crippen LogP contribution in [-0.4, -0.2) is 23.9 Å². The van der Waals surface area contributed by atoms with Gasteiger partial charge < -0.3 is 9.84 Å². The molecule has 0 radical (unpaired) electrons. The van der Waals surface area contributed by atoms with E-state index in [2.05, 4.69) is 4.74 Å². The van der Waals surface area contributed by atoms with E-state index in [1.165, 1.54) is 0 Å². The van der Waals surface area contributed by atoms with Crippen LogP contribution in [0.1, 0.15) is 42.7 Å². The number of halogens is 6. The number of rotatable bonds is 4. The van der Waals surface area contributed by atoms with Gasteiger partial charge in [-0.1, -0.05) is 0 Å². The van der Waals surface area contributed by atoms with Gasteiger partial charge >= 0.3 is 18.3 Å². The molecular weight excluding hydrogens is 354 g/mol. The highest BCUT2D eigenvalue weighted by Crippen LogP contribution is 2.42. The second-order valence-electron chi connectivity index (χ2n) is 6.04. The lowest BCUT2D eigenvalue weighted by Gasteiger charge is -2.28. The van der Waals surface area contributed by atoms with Crippen LogP contribution in [0.15, 0.2) is 18.2 Å². The molecule has 3 nitrogen and oxygen atoms in total. The van der Waals surface area contributed by atoms with Crippen molar-refractivity contribution in [3.05, 3.63) is 29.3 Å². The number of carboxylic acids is 1. The minimum absolute atomic E-state index is 0.0444. The van der Waals surface area contributed by atoms with Crippen molar-refractivity contribution >= 4 is 5.97 Å². The fourth-order valence-electron chi connectivity index (χ4n) is 2.99. The van der Waals surface area contributed by atoms with Crippen LogP contribution in [0.4, 0.5) is 26.3 Å². The lowest BCUT2D eigenvalue weighted by Crippen LogP contribution is -2.23. The zero-order valence-corrected chi connectivity index (χ0v) is 13.0. The van der Waals surface area contributed by atoms with Crippen molar-refractivity contribution in [3.8, 4) is 5.75 Å². The summed E-state index contributed by atoms with van der Waals surface area (Å²) in [6.45, 7) is -1.60. The Bertz CT molecular complexity index is 615. The van der Waals surface area contributed by atoms with Gasteiger partial charge in [0.1, 0.15) is 5.75 Å². The number of aliphatic carboxylic acids is 1. The summed E-state index contributed by atoms with van der Waals surface area (Å²) < 4.78 is 80.5. The van der Waals surface area contributed by atoms with Crippen molar-refractivity contribution in [2.45, 2.75) is 44.0 Å². The maximum atomic E-state index is 12.9. The van der Waals surface area contributed by atoms with E-state index in [0.717, 1.165) is 12.1 Å². The molecule has 1 N–H and O–H groups in total. The zero-order valence-electron chi connectivity index (χ0n) is 13.0. The predicted octanol–water partition coefficient (Wildman–Crippen LogP) is 5.00. The molecule has 0 atom stereocenters. The van der Waals surface area contributed by atoms with Gasteiger partial charge in [-0.25, -0.2) is 0 Å². The largest absolute Gasteiger partial charge is 0.484 e. The summed E-state index contributed by atoms with van der Waals surface area (Å²) in [5.74, 6) is -2.28. The first-order valence-corrected chi connectivity index (χ1v) is 7.61. The number of carboxylic acid groups (broad SMARTS) is 1. The van der Waals surface area contributed by atoms with Crippen LogP contribution >= 0.6 is 0 Å². The van der Waals surface area contributed by atoms with Crippen molar-refractivity contribution < 1.29 is 41.0 Å². The van der Waals surface area contributed by atoms with Gasteiger partial charge in [-0.05, 0) is 55.4 Å². The molecule has 1 saturated carbocycles. The van der Waals surface area contributed by atoms with E-state index < -0.39 is 42.3 Å². The molecule has 0 heterocycles. The molecule has 0 amide bonds. The second-order valence-corrected chi connectivity index (χ2v) is 6.04. The van der Waals surface area contributed by atoms with Gasteiger partial charge in [0.15, 0.2) is 6.61 Å². The third-order valence-electron chi connectivity index (χ3n) is 4.24. The van der Waals surface area contributed by atoms with Crippen molar-refractivity contribution in [3.63, 3.8) is 0 Å². The third kappa shape index (κ3) is 5.27. The van der Waals surface area contributed by atoms with E-state index in [0.29, 0.717) is 6.07 Å². The Morgan fingerprint density at radius 3 is 2.16 bits per heavy atom. The minimum Gasteiger partial charge on any atom is -0.484 e. The van der Waals surface area contributed by atoms with Crippen LogP contribution in [0.2, 0.25) is 0 Å². The monoisotopic (exact) mass is 370 g/mol. The summed E-state index contributed by atoms with van der Waals surface area (Å²) in [6.07, 6.45) is -8.16. The van der Waals surface area contributed by atoms with Crippen molar-refractivity contribution in [1.29, 1.82) is 0 Å². The Morgan fingerprint density at radius 1 is 1.08 bits per heavy atom. The molecule has 0 aliphatic heterocycles. The summed E-state index contributed by atoms with van der Waals surface area (Å²) in [7, 11) is 0. The number of hydrogen-bond donors (Lipinski definition) is 1. The lowest BCUT2D eigenvalue weighted by atomic mass is 9.78. The van der Waals surface area contributed by atoms with Crippen LogP contribution in [0.5, 0.6) is 5.75 Å². The topological polar surface area (TPSA) is 46.5 Å². The van der Waals surface area contributed by atoms with Gasteiger partial charge in [0.2, 0.25) is 0 Å². The van der Waals surface area contributed by atoms with Gasteiger partial charge in [-0.2, -0.15) is 26.3 Å². The number of hydrogen-bond acceptors (Lipinski definition) is 2. The first kappa shape index (κ1) is 19.4. The lowest BCUT2D eigenvalue weighted by molar-refractivity contribution is -0.154. The average molecular weight is 370 g/mol. The van der Waals surface area contributed by atoms with E-state index in [4.69, 9.17) is 5.11 Å². The molecule has 2 rings (SSSR count). The van der Waals surface area contributed by atoms with Crippen molar-refractivity contribution in [2.24, 2.45) is 5.92 Å². The van der Waals surface area contributed by atoms with Crippen molar-refractivity contribution in [1.82, 2.24) is 0 Å². The maximum Gasteiger partial charge on any atom is 0.422 e. The highest BCUT2D eigenvalue weighted by molar-refractivity contribution is 5.70. The Hall–Kier alpha value is -1.93. The van der Waals surface area contributed by atoms with E-state index in [1.807, 2.05) is 0 Å². The number of benzene rings is 1. The summed E-state index contributed by atoms with van der Waals surface area (Å²) in [5.41, 5.74) is -0.926. The van der Waals surface area contributed by atoms with E-state index >= 15 is 0 Å². The van der Waals surface area contributed by atoms with Gasteiger partial charge in [0, 0.05) is 0 Å². The molecule has 25 heavy (non-hydrogen) atoms. The molecule has 1 fully saturated rings. The van der Waals surface area contributed by atoms with Crippen LogP contribution in [0.3, 0.4) is 0 Å². The smallest absolute Gasteiger partial charge is 0.422 e. The summed E-state index contributed by atoms with van der Waals surface area (Å²) in [5, 5.41) is 8.98. The highest BCUT2D eigenvalue weighted by atomic mass is 19.4. The molecule has 0 bridgehead atoms. The standard InChI is InChI=1S/C16H16F6O3/c17-15(18,19)8-25-13-6-5-11(16(20,21)22)7-12(13)9-1-3-10(4-2-9)14(23)24/h5-7,9-10H,1-4,8H2,(H,23,24). The quantitative estimate of drug-likeness (QED) is 0.759. The summed E-state index contributed by atoms with van der Waals surface area (Å²) in [4.78, 5) is 11.0. The fraction of sp³-hybridized carbons (Fsp3) is 0.562. The predicted molar refractivity (Wildman–Crippen MR) is 75.3 cm³/mol. The molecule has 9 heteroatoms. The van der Waals surface area contributed by atoms with Crippen LogP contribution in [-0.2, 0) is 11.0 Å². The summed E-state index contributed by atoms with van der Waals surface area (Å²) >= 11 is 0. The van der Waals surface area contributed by atoms with E-state index in [-0.39, 0.29) is 37.0 Å². The average Bonchev–Trinajstić information content (AvgIpc) is 2.51. The normalized spacial score (nSPS) is 21.8.